The summed E-state index contributed by atoms with van der Waals surface area (Å²) in [6.45, 7) is 3.62. The molecule has 0 spiro atoms. The van der Waals surface area contributed by atoms with Gasteiger partial charge in [0, 0.05) is 5.02 Å². The van der Waals surface area contributed by atoms with Gasteiger partial charge in [0.15, 0.2) is 5.43 Å². The summed E-state index contributed by atoms with van der Waals surface area (Å²) in [7, 11) is 1.56. The number of nitrogens with zero attached hydrogens (tertiary/aromatic N) is 3. The van der Waals surface area contributed by atoms with Crippen LogP contribution in [-0.2, 0) is 0 Å². The molecule has 1 unspecified atom stereocenters. The maximum Gasteiger partial charge on any atom is 0.297 e. The van der Waals surface area contributed by atoms with E-state index in [2.05, 4.69) is 10.2 Å². The smallest absolute Gasteiger partial charge is 0.297 e. The molecule has 1 atom stereocenters. The third-order valence-electron chi connectivity index (χ3n) is 5.28. The number of aromatic nitrogens is 2. The van der Waals surface area contributed by atoms with E-state index in [-0.39, 0.29) is 16.8 Å². The van der Waals surface area contributed by atoms with E-state index in [1.165, 1.54) is 16.2 Å². The molecule has 31 heavy (non-hydrogen) atoms. The van der Waals surface area contributed by atoms with E-state index in [0.29, 0.717) is 37.4 Å². The largest absolute Gasteiger partial charge is 0.497 e. The fourth-order valence-corrected chi connectivity index (χ4v) is 4.68. The highest BCUT2D eigenvalue weighted by Crippen LogP contribution is 2.42. The van der Waals surface area contributed by atoms with Crippen molar-refractivity contribution in [3.63, 3.8) is 0 Å². The zero-order valence-electron chi connectivity index (χ0n) is 16.8. The van der Waals surface area contributed by atoms with Gasteiger partial charge in [0.05, 0.1) is 24.1 Å². The summed E-state index contributed by atoms with van der Waals surface area (Å²) in [6.07, 6.45) is 0. The molecular weight excluding hydrogens is 438 g/mol. The van der Waals surface area contributed by atoms with Crippen LogP contribution < -0.4 is 15.1 Å². The van der Waals surface area contributed by atoms with Gasteiger partial charge >= 0.3 is 0 Å². The Balaban J connectivity index is 1.83. The van der Waals surface area contributed by atoms with E-state index in [4.69, 9.17) is 20.8 Å². The molecule has 3 heterocycles. The highest BCUT2D eigenvalue weighted by Gasteiger charge is 2.45. The molecule has 0 N–H and O–H groups in total. The molecule has 0 radical (unpaired) electrons. The van der Waals surface area contributed by atoms with E-state index in [0.717, 1.165) is 5.56 Å². The number of anilines is 1. The zero-order chi connectivity index (χ0) is 21.9. The van der Waals surface area contributed by atoms with Crippen molar-refractivity contribution in [2.24, 2.45) is 0 Å². The van der Waals surface area contributed by atoms with Crippen molar-refractivity contribution in [1.82, 2.24) is 10.2 Å². The first-order valence-electron chi connectivity index (χ1n) is 9.43. The fraction of sp³-hybridized carbons (Fsp3) is 0.182. The van der Waals surface area contributed by atoms with Gasteiger partial charge in [0.2, 0.25) is 10.9 Å². The summed E-state index contributed by atoms with van der Waals surface area (Å²) in [4.78, 5) is 28.5. The third-order valence-corrected chi connectivity index (χ3v) is 6.53. The molecule has 2 aromatic heterocycles. The maximum absolute atomic E-state index is 13.6. The number of rotatable bonds is 3. The minimum atomic E-state index is -0.731. The van der Waals surface area contributed by atoms with Crippen LogP contribution in [0, 0.1) is 13.8 Å². The topological polar surface area (TPSA) is 85.5 Å². The SMILES string of the molecule is COc1cccc(C2c3c(oc4cc(C)c(Cl)cc4c3=O)C(=O)N2c2nnc(C)s2)c1. The van der Waals surface area contributed by atoms with Crippen molar-refractivity contribution in [3.8, 4) is 5.75 Å². The Morgan fingerprint density at radius 3 is 2.68 bits per heavy atom. The van der Waals surface area contributed by atoms with E-state index in [1.54, 1.807) is 38.3 Å². The number of halogens is 1. The Bertz CT molecular complexity index is 1430. The van der Waals surface area contributed by atoms with Crippen molar-refractivity contribution in [2.75, 3.05) is 12.0 Å². The van der Waals surface area contributed by atoms with Crippen LogP contribution in [-0.4, -0.2) is 23.2 Å². The zero-order valence-corrected chi connectivity index (χ0v) is 18.4. The molecule has 7 nitrogen and oxygen atoms in total. The van der Waals surface area contributed by atoms with Gasteiger partial charge in [-0.05, 0) is 49.2 Å². The van der Waals surface area contributed by atoms with Gasteiger partial charge in [-0.3, -0.25) is 14.5 Å². The van der Waals surface area contributed by atoms with Crippen molar-refractivity contribution >= 4 is 44.9 Å². The van der Waals surface area contributed by atoms with Crippen molar-refractivity contribution in [2.45, 2.75) is 19.9 Å². The van der Waals surface area contributed by atoms with Crippen LogP contribution in [0.2, 0.25) is 5.02 Å². The molecule has 0 bridgehead atoms. The molecule has 0 fully saturated rings. The van der Waals surface area contributed by atoms with Crippen molar-refractivity contribution in [1.29, 1.82) is 0 Å². The van der Waals surface area contributed by atoms with Gasteiger partial charge in [-0.15, -0.1) is 10.2 Å². The maximum atomic E-state index is 13.6. The van der Waals surface area contributed by atoms with Crippen LogP contribution in [0.25, 0.3) is 11.0 Å². The lowest BCUT2D eigenvalue weighted by Crippen LogP contribution is -2.29. The summed E-state index contributed by atoms with van der Waals surface area (Å²) in [5, 5.41) is 10.1. The predicted octanol–water partition coefficient (Wildman–Crippen LogP) is 4.67. The molecule has 1 amide bonds. The van der Waals surface area contributed by atoms with Crippen molar-refractivity contribution in [3.05, 3.63) is 79.1 Å². The second kappa shape index (κ2) is 7.18. The number of hydrogen-bond donors (Lipinski definition) is 0. The first-order valence-corrected chi connectivity index (χ1v) is 10.6. The standard InChI is InChI=1S/C22H16ClN3O4S/c1-10-7-16-14(9-15(10)23)19(27)17-18(12-5-4-6-13(8-12)29-3)26(21(28)20(17)30-16)22-25-24-11(2)31-22/h4-9,18H,1-3H3. The molecule has 5 rings (SSSR count). The van der Waals surface area contributed by atoms with E-state index in [1.807, 2.05) is 19.1 Å². The molecular formula is C22H16ClN3O4S. The second-order valence-corrected chi connectivity index (χ2v) is 8.80. The number of hydrogen-bond acceptors (Lipinski definition) is 7. The molecule has 0 saturated heterocycles. The molecule has 0 saturated carbocycles. The van der Waals surface area contributed by atoms with Crippen molar-refractivity contribution < 1.29 is 13.9 Å². The van der Waals surface area contributed by atoms with Crippen LogP contribution >= 0.6 is 22.9 Å². The number of carbonyl (C=O) groups excluding carboxylic acids is 1. The Labute approximate surface area is 185 Å². The number of benzene rings is 2. The average molecular weight is 454 g/mol. The van der Waals surface area contributed by atoms with Gasteiger partial charge in [0.1, 0.15) is 16.3 Å². The summed E-state index contributed by atoms with van der Waals surface area (Å²) in [6, 6.07) is 9.76. The van der Waals surface area contributed by atoms with Crippen LogP contribution in [0.3, 0.4) is 0 Å². The highest BCUT2D eigenvalue weighted by molar-refractivity contribution is 7.15. The van der Waals surface area contributed by atoms with E-state index in [9.17, 15) is 9.59 Å². The Kier molecular flexibility index (Phi) is 4.56. The van der Waals surface area contributed by atoms with Gasteiger partial charge in [-0.25, -0.2) is 0 Å². The molecule has 1 aliphatic rings. The monoisotopic (exact) mass is 453 g/mol. The lowest BCUT2D eigenvalue weighted by molar-refractivity contribution is 0.0970. The first-order chi connectivity index (χ1) is 14.9. The number of ether oxygens (including phenoxy) is 1. The minimum Gasteiger partial charge on any atom is -0.497 e. The highest BCUT2D eigenvalue weighted by atomic mass is 35.5. The Hall–Kier alpha value is -3.23. The molecule has 4 aromatic rings. The summed E-state index contributed by atoms with van der Waals surface area (Å²) in [5.74, 6) is 0.168. The van der Waals surface area contributed by atoms with Crippen LogP contribution in [0.4, 0.5) is 5.13 Å². The Morgan fingerprint density at radius 2 is 1.97 bits per heavy atom. The van der Waals surface area contributed by atoms with E-state index < -0.39 is 11.9 Å². The average Bonchev–Trinajstić information content (AvgIpc) is 3.31. The molecule has 2 aromatic carbocycles. The molecule has 156 valence electrons. The lowest BCUT2D eigenvalue weighted by atomic mass is 9.98. The van der Waals surface area contributed by atoms with Crippen LogP contribution in [0.15, 0.2) is 45.6 Å². The fourth-order valence-electron chi connectivity index (χ4n) is 3.80. The molecule has 9 heteroatoms. The lowest BCUT2D eigenvalue weighted by Gasteiger charge is -2.22. The predicted molar refractivity (Wildman–Crippen MR) is 119 cm³/mol. The quantitative estimate of drug-likeness (QED) is 0.448. The number of aryl methyl sites for hydroxylation is 2. The number of methoxy groups -OCH3 is 1. The Morgan fingerprint density at radius 1 is 1.16 bits per heavy atom. The third kappa shape index (κ3) is 3.02. The van der Waals surface area contributed by atoms with Crippen LogP contribution in [0.5, 0.6) is 5.75 Å². The second-order valence-electron chi connectivity index (χ2n) is 7.23. The first kappa shape index (κ1) is 19.7. The number of carbonyl (C=O) groups is 1. The number of fused-ring (bicyclic) bond motifs is 2. The molecule has 0 aliphatic carbocycles. The summed E-state index contributed by atoms with van der Waals surface area (Å²) < 4.78 is 11.3. The van der Waals surface area contributed by atoms with Gasteiger partial charge < -0.3 is 9.15 Å². The molecule has 1 aliphatic heterocycles. The number of amides is 1. The van der Waals surface area contributed by atoms with Crippen LogP contribution in [0.1, 0.15) is 38.3 Å². The van der Waals surface area contributed by atoms with Gasteiger partial charge in [0.25, 0.3) is 5.91 Å². The summed E-state index contributed by atoms with van der Waals surface area (Å²) >= 11 is 7.54. The van der Waals surface area contributed by atoms with Gasteiger partial charge in [-0.2, -0.15) is 0 Å². The normalized spacial score (nSPS) is 15.5. The summed E-state index contributed by atoms with van der Waals surface area (Å²) in [5.41, 5.74) is 1.72. The van der Waals surface area contributed by atoms with Gasteiger partial charge in [-0.1, -0.05) is 35.1 Å². The van der Waals surface area contributed by atoms with E-state index >= 15 is 0 Å². The minimum absolute atomic E-state index is 0.0000968.